The Morgan fingerprint density at radius 2 is 1.91 bits per heavy atom. The summed E-state index contributed by atoms with van der Waals surface area (Å²) in [6, 6.07) is 9.13. The fourth-order valence-corrected chi connectivity index (χ4v) is 2.94. The summed E-state index contributed by atoms with van der Waals surface area (Å²) in [5.74, 6) is 0.894. The number of nitrogens with one attached hydrogen (secondary N) is 2. The first-order chi connectivity index (χ1) is 15.3. The Bertz CT molecular complexity index is 1100. The zero-order valence-corrected chi connectivity index (χ0v) is 19.2. The van der Waals surface area contributed by atoms with Crippen LogP contribution in [0.15, 0.2) is 40.9 Å². The third kappa shape index (κ3) is 5.78. The van der Waals surface area contributed by atoms with Crippen molar-refractivity contribution in [1.29, 1.82) is 0 Å². The molecule has 0 spiro atoms. The summed E-state index contributed by atoms with van der Waals surface area (Å²) in [6.45, 7) is 11.3. The average molecular weight is 439 g/mol. The van der Waals surface area contributed by atoms with Crippen LogP contribution in [0.4, 0.5) is 5.69 Å². The minimum atomic E-state index is -0.462. The van der Waals surface area contributed by atoms with Crippen LogP contribution in [0, 0.1) is 19.8 Å². The molecule has 0 aliphatic heterocycles. The van der Waals surface area contributed by atoms with Gasteiger partial charge in [-0.3, -0.25) is 14.3 Å². The van der Waals surface area contributed by atoms with Crippen LogP contribution in [0.25, 0.3) is 0 Å². The van der Waals surface area contributed by atoms with Gasteiger partial charge in [-0.2, -0.15) is 5.10 Å². The van der Waals surface area contributed by atoms with Gasteiger partial charge >= 0.3 is 0 Å². The van der Waals surface area contributed by atoms with E-state index >= 15 is 0 Å². The first-order valence-corrected chi connectivity index (χ1v) is 10.7. The Balaban J connectivity index is 1.66. The highest BCUT2D eigenvalue weighted by Gasteiger charge is 2.20. The molecule has 2 N–H and O–H groups in total. The number of aromatic nitrogens is 2. The van der Waals surface area contributed by atoms with Gasteiger partial charge in [0.1, 0.15) is 18.1 Å². The van der Waals surface area contributed by atoms with E-state index in [0.29, 0.717) is 30.5 Å². The van der Waals surface area contributed by atoms with E-state index in [4.69, 9.17) is 9.15 Å². The van der Waals surface area contributed by atoms with Crippen molar-refractivity contribution in [3.63, 3.8) is 0 Å². The van der Waals surface area contributed by atoms with E-state index in [-0.39, 0.29) is 24.0 Å². The number of amides is 2. The minimum Gasteiger partial charge on any atom is -0.486 e. The topological polar surface area (TPSA) is 98.4 Å². The first-order valence-electron chi connectivity index (χ1n) is 10.7. The molecule has 8 heteroatoms. The molecule has 3 aromatic rings. The Morgan fingerprint density at radius 3 is 2.59 bits per heavy atom. The minimum absolute atomic E-state index is 0.126. The summed E-state index contributed by atoms with van der Waals surface area (Å²) in [5.41, 5.74) is 2.84. The molecule has 0 fully saturated rings. The molecule has 0 saturated carbocycles. The lowest BCUT2D eigenvalue weighted by molar-refractivity contribution is 0.0944. The Hall–Kier alpha value is -3.55. The molecule has 2 aromatic heterocycles. The van der Waals surface area contributed by atoms with Gasteiger partial charge in [0.15, 0.2) is 11.5 Å². The third-order valence-corrected chi connectivity index (χ3v) is 4.96. The summed E-state index contributed by atoms with van der Waals surface area (Å²) < 4.78 is 13.0. The van der Waals surface area contributed by atoms with Crippen molar-refractivity contribution >= 4 is 17.5 Å². The monoisotopic (exact) mass is 438 g/mol. The van der Waals surface area contributed by atoms with Crippen molar-refractivity contribution in [1.82, 2.24) is 15.1 Å². The normalized spacial score (nSPS) is 10.9. The SMILES string of the molecule is CCn1cc(NC(=O)c2ccc(COc3ccc(C)c(C)c3)o2)c(C(=O)NCC(C)C)n1. The first kappa shape index (κ1) is 23.1. The summed E-state index contributed by atoms with van der Waals surface area (Å²) in [6.07, 6.45) is 1.63. The molecule has 1 aromatic carbocycles. The summed E-state index contributed by atoms with van der Waals surface area (Å²) in [7, 11) is 0. The van der Waals surface area contributed by atoms with Crippen molar-refractivity contribution < 1.29 is 18.7 Å². The lowest BCUT2D eigenvalue weighted by Gasteiger charge is -2.08. The van der Waals surface area contributed by atoms with Crippen molar-refractivity contribution in [2.24, 2.45) is 5.92 Å². The predicted molar refractivity (Wildman–Crippen MR) is 122 cm³/mol. The van der Waals surface area contributed by atoms with Gasteiger partial charge < -0.3 is 19.8 Å². The van der Waals surface area contributed by atoms with Gasteiger partial charge in [0.05, 0.1) is 5.69 Å². The molecule has 0 aliphatic rings. The van der Waals surface area contributed by atoms with Crippen LogP contribution in [0.1, 0.15) is 58.7 Å². The Morgan fingerprint density at radius 1 is 1.12 bits per heavy atom. The summed E-state index contributed by atoms with van der Waals surface area (Å²) >= 11 is 0. The number of carbonyl (C=O) groups is 2. The number of furan rings is 1. The van der Waals surface area contributed by atoms with Gasteiger partial charge in [-0.05, 0) is 62.1 Å². The van der Waals surface area contributed by atoms with Crippen LogP contribution in [-0.4, -0.2) is 28.1 Å². The maximum Gasteiger partial charge on any atom is 0.291 e. The molecule has 8 nitrogen and oxygen atoms in total. The quantitative estimate of drug-likeness (QED) is 0.518. The molecule has 2 amide bonds. The molecule has 170 valence electrons. The Labute approximate surface area is 187 Å². The van der Waals surface area contributed by atoms with Gasteiger partial charge in [0.25, 0.3) is 11.8 Å². The zero-order valence-electron chi connectivity index (χ0n) is 19.2. The lowest BCUT2D eigenvalue weighted by Crippen LogP contribution is -2.28. The molecule has 0 saturated heterocycles. The van der Waals surface area contributed by atoms with E-state index in [2.05, 4.69) is 15.7 Å². The third-order valence-electron chi connectivity index (χ3n) is 4.96. The maximum atomic E-state index is 12.7. The molecule has 0 bridgehead atoms. The standard InChI is InChI=1S/C24H30N4O4/c1-6-28-13-20(22(27-28)24(30)25-12-15(2)3)26-23(29)21-10-9-19(32-21)14-31-18-8-7-16(4)17(5)11-18/h7-11,13,15H,6,12,14H2,1-5H3,(H,25,30)(H,26,29). The van der Waals surface area contributed by atoms with Gasteiger partial charge in [0, 0.05) is 19.3 Å². The molecule has 0 aliphatic carbocycles. The van der Waals surface area contributed by atoms with E-state index in [1.54, 1.807) is 23.0 Å². The number of ether oxygens (including phenoxy) is 1. The zero-order chi connectivity index (χ0) is 23.3. The number of nitrogens with zero attached hydrogens (tertiary/aromatic N) is 2. The van der Waals surface area contributed by atoms with Gasteiger partial charge in [-0.15, -0.1) is 0 Å². The Kier molecular flexibility index (Phi) is 7.35. The highest BCUT2D eigenvalue weighted by atomic mass is 16.5. The second-order valence-corrected chi connectivity index (χ2v) is 8.11. The molecule has 0 atom stereocenters. The molecule has 0 radical (unpaired) electrons. The van der Waals surface area contributed by atoms with E-state index in [0.717, 1.165) is 11.3 Å². The van der Waals surface area contributed by atoms with Crippen LogP contribution in [0.2, 0.25) is 0 Å². The van der Waals surface area contributed by atoms with Gasteiger partial charge in [-0.1, -0.05) is 19.9 Å². The fraction of sp³-hybridized carbons (Fsp3) is 0.375. The second-order valence-electron chi connectivity index (χ2n) is 8.11. The highest BCUT2D eigenvalue weighted by molar-refractivity contribution is 6.07. The smallest absolute Gasteiger partial charge is 0.291 e. The molecular formula is C24H30N4O4. The molecular weight excluding hydrogens is 408 g/mol. The number of carbonyl (C=O) groups excluding carboxylic acids is 2. The summed E-state index contributed by atoms with van der Waals surface area (Å²) in [5, 5.41) is 9.83. The van der Waals surface area contributed by atoms with E-state index in [1.165, 1.54) is 5.56 Å². The van der Waals surface area contributed by atoms with E-state index in [9.17, 15) is 9.59 Å². The van der Waals surface area contributed by atoms with Crippen molar-refractivity contribution in [3.8, 4) is 5.75 Å². The number of benzene rings is 1. The number of aryl methyl sites for hydroxylation is 3. The summed E-state index contributed by atoms with van der Waals surface area (Å²) in [4.78, 5) is 25.2. The van der Waals surface area contributed by atoms with Crippen LogP contribution < -0.4 is 15.4 Å². The number of hydrogen-bond acceptors (Lipinski definition) is 5. The van der Waals surface area contributed by atoms with E-state index < -0.39 is 5.91 Å². The van der Waals surface area contributed by atoms with Crippen LogP contribution in [-0.2, 0) is 13.2 Å². The van der Waals surface area contributed by atoms with E-state index in [1.807, 2.05) is 52.8 Å². The highest BCUT2D eigenvalue weighted by Crippen LogP contribution is 2.20. The van der Waals surface area contributed by atoms with Crippen molar-refractivity contribution in [3.05, 3.63) is 64.9 Å². The number of rotatable bonds is 9. The van der Waals surface area contributed by atoms with Crippen LogP contribution in [0.3, 0.4) is 0 Å². The van der Waals surface area contributed by atoms with Crippen LogP contribution >= 0.6 is 0 Å². The van der Waals surface area contributed by atoms with Crippen LogP contribution in [0.5, 0.6) is 5.75 Å². The van der Waals surface area contributed by atoms with Gasteiger partial charge in [-0.25, -0.2) is 0 Å². The maximum absolute atomic E-state index is 12.7. The fourth-order valence-electron chi connectivity index (χ4n) is 2.94. The largest absolute Gasteiger partial charge is 0.486 e. The van der Waals surface area contributed by atoms with Crippen molar-refractivity contribution in [2.75, 3.05) is 11.9 Å². The molecule has 0 unspecified atom stereocenters. The second kappa shape index (κ2) is 10.2. The lowest BCUT2D eigenvalue weighted by atomic mass is 10.1. The average Bonchev–Trinajstić information content (AvgIpc) is 3.40. The van der Waals surface area contributed by atoms with Crippen molar-refractivity contribution in [2.45, 2.75) is 47.8 Å². The predicted octanol–water partition coefficient (Wildman–Crippen LogP) is 4.33. The van der Waals surface area contributed by atoms with Gasteiger partial charge in [0.2, 0.25) is 0 Å². The number of anilines is 1. The molecule has 2 heterocycles. The molecule has 32 heavy (non-hydrogen) atoms. The molecule has 3 rings (SSSR count). The number of hydrogen-bond donors (Lipinski definition) is 2.